The van der Waals surface area contributed by atoms with E-state index in [0.717, 1.165) is 4.68 Å². The Balaban J connectivity index is 0.000000885. The van der Waals surface area contributed by atoms with Crippen LogP contribution in [0.25, 0.3) is 6.20 Å². The lowest BCUT2D eigenvalue weighted by atomic mass is 10.3. The van der Waals surface area contributed by atoms with Crippen LogP contribution in [0.4, 0.5) is 13.2 Å². The van der Waals surface area contributed by atoms with E-state index in [0.29, 0.717) is 13.2 Å². The number of hydrogen-bond acceptors (Lipinski definition) is 4. The number of halogens is 3. The molecule has 1 heterocycles. The lowest BCUT2D eigenvalue weighted by Gasteiger charge is -2.05. The highest BCUT2D eigenvalue weighted by Crippen LogP contribution is 2.23. The Bertz CT molecular complexity index is 466. The third-order valence-corrected chi connectivity index (χ3v) is 1.94. The molecule has 0 atom stereocenters. The highest BCUT2D eigenvalue weighted by molar-refractivity contribution is 5.33. The van der Waals surface area contributed by atoms with Gasteiger partial charge in [-0.15, -0.1) is 11.7 Å². The molecule has 21 heavy (non-hydrogen) atoms. The van der Waals surface area contributed by atoms with Crippen LogP contribution in [0.2, 0.25) is 0 Å². The van der Waals surface area contributed by atoms with Crippen LogP contribution in [0, 0.1) is 0 Å². The first-order chi connectivity index (χ1) is 9.87. The number of hydrogen-bond donors (Lipinski definition) is 1. The molecule has 0 spiro atoms. The normalized spacial score (nSPS) is 10.9. The van der Waals surface area contributed by atoms with Gasteiger partial charge in [0.05, 0.1) is 18.7 Å². The first-order valence-electron chi connectivity index (χ1n) is 6.09. The minimum atomic E-state index is -4.29. The van der Waals surface area contributed by atoms with Crippen LogP contribution in [-0.4, -0.2) is 35.8 Å². The maximum atomic E-state index is 12.3. The quantitative estimate of drug-likeness (QED) is 0.649. The number of rotatable bonds is 6. The molecule has 5 nitrogen and oxygen atoms in total. The van der Waals surface area contributed by atoms with Gasteiger partial charge >= 0.3 is 6.18 Å². The van der Waals surface area contributed by atoms with Crippen molar-refractivity contribution in [1.29, 1.82) is 0 Å². The summed E-state index contributed by atoms with van der Waals surface area (Å²) in [6.07, 6.45) is -1.18. The van der Waals surface area contributed by atoms with Gasteiger partial charge in [0.2, 0.25) is 5.88 Å². The summed E-state index contributed by atoms with van der Waals surface area (Å²) >= 11 is 0. The maximum absolute atomic E-state index is 12.3. The third-order valence-electron chi connectivity index (χ3n) is 1.94. The van der Waals surface area contributed by atoms with Crippen LogP contribution in [0.3, 0.4) is 0 Å². The van der Waals surface area contributed by atoms with Gasteiger partial charge in [-0.3, -0.25) is 4.99 Å². The summed E-state index contributed by atoms with van der Waals surface area (Å²) in [4.78, 5) is 3.41. The molecule has 1 aromatic rings. The van der Waals surface area contributed by atoms with E-state index in [2.05, 4.69) is 23.4 Å². The van der Waals surface area contributed by atoms with Crippen LogP contribution in [0.1, 0.15) is 12.6 Å². The Morgan fingerprint density at radius 2 is 2.14 bits per heavy atom. The highest BCUT2D eigenvalue weighted by Gasteiger charge is 2.30. The number of nitrogens with two attached hydrogens (primary N) is 1. The summed E-state index contributed by atoms with van der Waals surface area (Å²) in [5, 5.41) is 3.84. The van der Waals surface area contributed by atoms with Crippen LogP contribution >= 0.6 is 0 Å². The Labute approximate surface area is 121 Å². The molecular weight excluding hydrogens is 285 g/mol. The lowest BCUT2D eigenvalue weighted by molar-refractivity contribution is -0.128. The van der Waals surface area contributed by atoms with Crippen molar-refractivity contribution >= 4 is 12.9 Å². The van der Waals surface area contributed by atoms with Gasteiger partial charge in [-0.05, 0) is 13.6 Å². The Morgan fingerprint density at radius 3 is 2.57 bits per heavy atom. The fraction of sp³-hybridized carbons (Fsp3) is 0.385. The number of alkyl halides is 3. The van der Waals surface area contributed by atoms with Crippen LogP contribution in [-0.2, 0) is 6.42 Å². The van der Waals surface area contributed by atoms with Gasteiger partial charge in [0.15, 0.2) is 0 Å². The third kappa shape index (κ3) is 8.64. The minimum Gasteiger partial charge on any atom is -0.477 e. The number of aromatic nitrogens is 2. The predicted octanol–water partition coefficient (Wildman–Crippen LogP) is 2.65. The van der Waals surface area contributed by atoms with Gasteiger partial charge in [-0.25, -0.2) is 4.68 Å². The maximum Gasteiger partial charge on any atom is 0.394 e. The second kappa shape index (κ2) is 9.76. The van der Waals surface area contributed by atoms with E-state index in [1.807, 2.05) is 0 Å². The van der Waals surface area contributed by atoms with E-state index < -0.39 is 12.6 Å². The van der Waals surface area contributed by atoms with Gasteiger partial charge in [-0.2, -0.15) is 13.2 Å². The van der Waals surface area contributed by atoms with Crippen molar-refractivity contribution in [3.8, 4) is 5.88 Å². The summed E-state index contributed by atoms with van der Waals surface area (Å²) in [6.45, 7) is 9.19. The van der Waals surface area contributed by atoms with Crippen LogP contribution in [0.15, 0.2) is 29.9 Å². The first-order valence-corrected chi connectivity index (χ1v) is 6.09. The van der Waals surface area contributed by atoms with E-state index in [1.165, 1.54) is 18.5 Å². The van der Waals surface area contributed by atoms with E-state index in [4.69, 9.17) is 10.5 Å². The van der Waals surface area contributed by atoms with Crippen molar-refractivity contribution in [3.63, 3.8) is 0 Å². The van der Waals surface area contributed by atoms with Gasteiger partial charge in [0.25, 0.3) is 0 Å². The smallest absolute Gasteiger partial charge is 0.394 e. The Morgan fingerprint density at radius 1 is 1.52 bits per heavy atom. The standard InChI is InChI=1S/C10H12F3N3O.C3H7N/c1-3-17-9-6-8(7-10(11,12)13)16(15-9)5-4-14-2;1-2-3-4/h4-6H,2-3,7H2,1H3;2H,1,3-4H2/b5-4+;. The summed E-state index contributed by atoms with van der Waals surface area (Å²) in [6, 6.07) is 1.25. The molecule has 0 aliphatic carbocycles. The van der Waals surface area contributed by atoms with Crippen molar-refractivity contribution in [1.82, 2.24) is 9.78 Å². The summed E-state index contributed by atoms with van der Waals surface area (Å²) in [5.41, 5.74) is 4.90. The molecule has 0 bridgehead atoms. The van der Waals surface area contributed by atoms with E-state index in [-0.39, 0.29) is 11.6 Å². The average molecular weight is 304 g/mol. The predicted molar refractivity (Wildman–Crippen MR) is 77.3 cm³/mol. The van der Waals surface area contributed by atoms with Crippen molar-refractivity contribution in [2.45, 2.75) is 19.5 Å². The number of aliphatic imine (C=N–C) groups is 1. The molecule has 2 N–H and O–H groups in total. The molecule has 0 radical (unpaired) electrons. The van der Waals surface area contributed by atoms with Gasteiger partial charge < -0.3 is 10.5 Å². The second-order valence-electron chi connectivity index (χ2n) is 3.65. The van der Waals surface area contributed by atoms with Gasteiger partial charge in [0, 0.05) is 25.0 Å². The molecule has 0 saturated heterocycles. The lowest BCUT2D eigenvalue weighted by Crippen LogP contribution is -2.14. The van der Waals surface area contributed by atoms with E-state index in [9.17, 15) is 13.2 Å². The average Bonchev–Trinajstić information content (AvgIpc) is 2.77. The van der Waals surface area contributed by atoms with E-state index in [1.54, 1.807) is 13.0 Å². The molecule has 1 aromatic heterocycles. The molecule has 1 rings (SSSR count). The van der Waals surface area contributed by atoms with Crippen LogP contribution < -0.4 is 10.5 Å². The summed E-state index contributed by atoms with van der Waals surface area (Å²) in [7, 11) is 0. The minimum absolute atomic E-state index is 0.0131. The molecule has 118 valence electrons. The van der Waals surface area contributed by atoms with E-state index >= 15 is 0 Å². The molecular formula is C13H19F3N4O. The Hall–Kier alpha value is -2.09. The topological polar surface area (TPSA) is 65.4 Å². The zero-order valence-corrected chi connectivity index (χ0v) is 11.8. The molecule has 0 fully saturated rings. The first kappa shape index (κ1) is 18.9. The molecule has 0 saturated carbocycles. The largest absolute Gasteiger partial charge is 0.477 e. The van der Waals surface area contributed by atoms with Crippen molar-refractivity contribution in [2.75, 3.05) is 13.2 Å². The van der Waals surface area contributed by atoms with Crippen molar-refractivity contribution < 1.29 is 17.9 Å². The van der Waals surface area contributed by atoms with Gasteiger partial charge in [-0.1, -0.05) is 6.08 Å². The SMILES string of the molecule is C=CCN.C=N/C=C/n1nc(OCC)cc1CC(F)(F)F. The summed E-state index contributed by atoms with van der Waals surface area (Å²) in [5.74, 6) is 0.153. The monoisotopic (exact) mass is 304 g/mol. The Kier molecular flexibility index (Phi) is 8.79. The summed E-state index contributed by atoms with van der Waals surface area (Å²) < 4.78 is 43.0. The molecule has 8 heteroatoms. The zero-order valence-electron chi connectivity index (χ0n) is 11.8. The van der Waals surface area contributed by atoms with Crippen molar-refractivity contribution in [2.24, 2.45) is 10.7 Å². The molecule has 0 aromatic carbocycles. The highest BCUT2D eigenvalue weighted by atomic mass is 19.4. The fourth-order valence-electron chi connectivity index (χ4n) is 1.20. The fourth-order valence-corrected chi connectivity index (χ4v) is 1.20. The molecule has 0 amide bonds. The van der Waals surface area contributed by atoms with Crippen molar-refractivity contribution in [3.05, 3.63) is 30.6 Å². The second-order valence-corrected chi connectivity index (χ2v) is 3.65. The van der Waals surface area contributed by atoms with Crippen LogP contribution in [0.5, 0.6) is 5.88 Å². The number of nitrogens with zero attached hydrogens (tertiary/aromatic N) is 3. The molecule has 0 aliphatic rings. The van der Waals surface area contributed by atoms with Gasteiger partial charge in [0.1, 0.15) is 0 Å². The molecule has 0 aliphatic heterocycles. The molecule has 0 unspecified atom stereocenters. The number of ether oxygens (including phenoxy) is 1. The zero-order chi connectivity index (χ0) is 16.3.